The summed E-state index contributed by atoms with van der Waals surface area (Å²) in [5, 5.41) is 4.91. The fourth-order valence-electron chi connectivity index (χ4n) is 3.42. The lowest BCUT2D eigenvalue weighted by molar-refractivity contribution is 0.0989. The molecule has 0 spiro atoms. The zero-order valence-corrected chi connectivity index (χ0v) is 16.0. The maximum absolute atomic E-state index is 13.7. The molecule has 0 aliphatic carbocycles. The summed E-state index contributed by atoms with van der Waals surface area (Å²) in [4.78, 5) is 26.6. The number of hydrogen-bond donors (Lipinski definition) is 2. The second kappa shape index (κ2) is 8.32. The normalized spacial score (nSPS) is 12.4. The van der Waals surface area contributed by atoms with E-state index < -0.39 is 17.7 Å². The first kappa shape index (κ1) is 19.6. The van der Waals surface area contributed by atoms with E-state index in [-0.39, 0.29) is 18.1 Å². The van der Waals surface area contributed by atoms with E-state index in [4.69, 9.17) is 0 Å². The van der Waals surface area contributed by atoms with Crippen molar-refractivity contribution < 1.29 is 18.4 Å². The van der Waals surface area contributed by atoms with Crippen molar-refractivity contribution in [1.82, 2.24) is 5.32 Å². The number of anilines is 2. The Balaban J connectivity index is 1.43. The van der Waals surface area contributed by atoms with Crippen LogP contribution in [0.1, 0.15) is 21.5 Å². The number of nitrogens with one attached hydrogen (secondary N) is 2. The Labute approximate surface area is 172 Å². The van der Waals surface area contributed by atoms with Crippen molar-refractivity contribution in [3.05, 3.63) is 95.1 Å². The van der Waals surface area contributed by atoms with Crippen molar-refractivity contribution in [1.29, 1.82) is 0 Å². The molecule has 3 amide bonds. The molecule has 1 aliphatic heterocycles. The number of carbonyl (C=O) groups excluding carboxylic acids is 2. The van der Waals surface area contributed by atoms with Crippen molar-refractivity contribution in [2.75, 3.05) is 16.8 Å². The topological polar surface area (TPSA) is 61.4 Å². The smallest absolute Gasteiger partial charge is 0.319 e. The van der Waals surface area contributed by atoms with Gasteiger partial charge in [0.1, 0.15) is 11.6 Å². The standard InChI is InChI=1S/C23H19F2N3O2/c24-18-8-9-19(25)20(13-18)27-23(30)26-14-15-6-7-16-10-11-28(21(16)12-15)22(29)17-4-2-1-3-5-17/h1-9,12-13H,10-11,14H2,(H2,26,27,30). The first-order valence-electron chi connectivity index (χ1n) is 9.50. The van der Waals surface area contributed by atoms with Crippen LogP contribution in [0, 0.1) is 11.6 Å². The molecule has 0 atom stereocenters. The molecular formula is C23H19F2N3O2. The molecule has 3 aromatic rings. The SMILES string of the molecule is O=C(NCc1ccc2c(c1)N(C(=O)c1ccccc1)CC2)Nc1cc(F)ccc1F. The van der Waals surface area contributed by atoms with Gasteiger partial charge in [-0.2, -0.15) is 0 Å². The summed E-state index contributed by atoms with van der Waals surface area (Å²) < 4.78 is 26.9. The van der Waals surface area contributed by atoms with E-state index in [1.807, 2.05) is 36.4 Å². The molecular weight excluding hydrogens is 388 g/mol. The van der Waals surface area contributed by atoms with Crippen LogP contribution in [-0.4, -0.2) is 18.5 Å². The average Bonchev–Trinajstić information content (AvgIpc) is 3.18. The number of urea groups is 1. The highest BCUT2D eigenvalue weighted by Gasteiger charge is 2.25. The van der Waals surface area contributed by atoms with E-state index in [0.717, 1.165) is 41.4 Å². The van der Waals surface area contributed by atoms with Gasteiger partial charge in [-0.15, -0.1) is 0 Å². The van der Waals surface area contributed by atoms with Crippen LogP contribution in [0.25, 0.3) is 0 Å². The first-order chi connectivity index (χ1) is 14.5. The number of carbonyl (C=O) groups is 2. The molecule has 7 heteroatoms. The lowest BCUT2D eigenvalue weighted by Crippen LogP contribution is -2.30. The summed E-state index contributed by atoms with van der Waals surface area (Å²) in [6.07, 6.45) is 0.765. The van der Waals surface area contributed by atoms with Crippen LogP contribution in [0.3, 0.4) is 0 Å². The third-order valence-corrected chi connectivity index (χ3v) is 4.94. The third-order valence-electron chi connectivity index (χ3n) is 4.94. The molecule has 0 unspecified atom stereocenters. The Morgan fingerprint density at radius 1 is 0.967 bits per heavy atom. The van der Waals surface area contributed by atoms with Crippen LogP contribution in [0.5, 0.6) is 0 Å². The number of nitrogens with zero attached hydrogens (tertiary/aromatic N) is 1. The fraction of sp³-hybridized carbons (Fsp3) is 0.130. The van der Waals surface area contributed by atoms with Crippen molar-refractivity contribution in [2.24, 2.45) is 0 Å². The van der Waals surface area contributed by atoms with Gasteiger partial charge in [0.15, 0.2) is 0 Å². The lowest BCUT2D eigenvalue weighted by Gasteiger charge is -2.18. The molecule has 30 heavy (non-hydrogen) atoms. The summed E-state index contributed by atoms with van der Waals surface area (Å²) in [5.41, 5.74) is 3.05. The molecule has 2 N–H and O–H groups in total. The summed E-state index contributed by atoms with van der Waals surface area (Å²) in [6.45, 7) is 0.767. The van der Waals surface area contributed by atoms with Crippen LogP contribution in [0.2, 0.25) is 0 Å². The second-order valence-corrected chi connectivity index (χ2v) is 6.97. The molecule has 5 nitrogen and oxygen atoms in total. The minimum Gasteiger partial charge on any atom is -0.334 e. The zero-order valence-electron chi connectivity index (χ0n) is 16.0. The van der Waals surface area contributed by atoms with Gasteiger partial charge in [0.25, 0.3) is 5.91 Å². The van der Waals surface area contributed by atoms with Crippen LogP contribution in [0.4, 0.5) is 25.0 Å². The van der Waals surface area contributed by atoms with Gasteiger partial charge in [0.05, 0.1) is 5.69 Å². The number of halogens is 2. The van der Waals surface area contributed by atoms with E-state index in [1.54, 1.807) is 17.0 Å². The molecule has 0 aromatic heterocycles. The largest absolute Gasteiger partial charge is 0.334 e. The van der Waals surface area contributed by atoms with Crippen molar-refractivity contribution in [3.8, 4) is 0 Å². The Morgan fingerprint density at radius 2 is 1.77 bits per heavy atom. The van der Waals surface area contributed by atoms with Gasteiger partial charge in [0, 0.05) is 30.4 Å². The lowest BCUT2D eigenvalue weighted by atomic mass is 10.1. The number of fused-ring (bicyclic) bond motifs is 1. The van der Waals surface area contributed by atoms with Crippen molar-refractivity contribution in [3.63, 3.8) is 0 Å². The Bertz CT molecular complexity index is 1100. The second-order valence-electron chi connectivity index (χ2n) is 6.97. The molecule has 0 bridgehead atoms. The Morgan fingerprint density at radius 3 is 2.57 bits per heavy atom. The number of benzene rings is 3. The van der Waals surface area contributed by atoms with Crippen LogP contribution < -0.4 is 15.5 Å². The van der Waals surface area contributed by atoms with Gasteiger partial charge in [-0.1, -0.05) is 30.3 Å². The van der Waals surface area contributed by atoms with Gasteiger partial charge in [-0.05, 0) is 47.9 Å². The van der Waals surface area contributed by atoms with Gasteiger partial charge in [-0.3, -0.25) is 4.79 Å². The van der Waals surface area contributed by atoms with Gasteiger partial charge < -0.3 is 15.5 Å². The maximum Gasteiger partial charge on any atom is 0.319 e. The molecule has 0 saturated carbocycles. The molecule has 1 aliphatic rings. The minimum absolute atomic E-state index is 0.0706. The first-order valence-corrected chi connectivity index (χ1v) is 9.50. The highest BCUT2D eigenvalue weighted by atomic mass is 19.1. The molecule has 1 heterocycles. The molecule has 0 fully saturated rings. The highest BCUT2D eigenvalue weighted by Crippen LogP contribution is 2.30. The number of rotatable bonds is 4. The fourth-order valence-corrected chi connectivity index (χ4v) is 3.42. The third kappa shape index (κ3) is 4.15. The summed E-state index contributed by atoms with van der Waals surface area (Å²) in [5.74, 6) is -1.44. The predicted molar refractivity (Wildman–Crippen MR) is 110 cm³/mol. The molecule has 0 radical (unpaired) electrons. The van der Waals surface area contributed by atoms with Gasteiger partial charge in [-0.25, -0.2) is 13.6 Å². The van der Waals surface area contributed by atoms with Crippen LogP contribution in [0.15, 0.2) is 66.7 Å². The van der Waals surface area contributed by atoms with Crippen molar-refractivity contribution >= 4 is 23.3 Å². The molecule has 3 aromatic carbocycles. The number of amides is 3. The molecule has 4 rings (SSSR count). The quantitative estimate of drug-likeness (QED) is 0.670. The maximum atomic E-state index is 13.7. The summed E-state index contributed by atoms with van der Waals surface area (Å²) in [7, 11) is 0. The highest BCUT2D eigenvalue weighted by molar-refractivity contribution is 6.07. The van der Waals surface area contributed by atoms with Crippen LogP contribution in [-0.2, 0) is 13.0 Å². The van der Waals surface area contributed by atoms with Crippen LogP contribution >= 0.6 is 0 Å². The average molecular weight is 407 g/mol. The van der Waals surface area contributed by atoms with E-state index in [0.29, 0.717) is 12.1 Å². The number of hydrogen-bond acceptors (Lipinski definition) is 2. The minimum atomic E-state index is -0.723. The monoisotopic (exact) mass is 407 g/mol. The van der Waals surface area contributed by atoms with E-state index >= 15 is 0 Å². The van der Waals surface area contributed by atoms with Crippen molar-refractivity contribution in [2.45, 2.75) is 13.0 Å². The molecule has 152 valence electrons. The Hall–Kier alpha value is -3.74. The van der Waals surface area contributed by atoms with E-state index in [2.05, 4.69) is 10.6 Å². The Kier molecular flexibility index (Phi) is 5.43. The summed E-state index contributed by atoms with van der Waals surface area (Å²) in [6, 6.07) is 16.9. The van der Waals surface area contributed by atoms with E-state index in [1.165, 1.54) is 0 Å². The van der Waals surface area contributed by atoms with Gasteiger partial charge in [0.2, 0.25) is 0 Å². The predicted octanol–water partition coefficient (Wildman–Crippen LogP) is 4.49. The van der Waals surface area contributed by atoms with E-state index in [9.17, 15) is 18.4 Å². The molecule has 0 saturated heterocycles. The van der Waals surface area contributed by atoms with Gasteiger partial charge >= 0.3 is 6.03 Å². The summed E-state index contributed by atoms with van der Waals surface area (Å²) >= 11 is 0. The zero-order chi connectivity index (χ0) is 21.1.